The highest BCUT2D eigenvalue weighted by Crippen LogP contribution is 2.35. The fourth-order valence-corrected chi connectivity index (χ4v) is 5.27. The van der Waals surface area contributed by atoms with Crippen LogP contribution < -0.4 is 0 Å². The third-order valence-electron chi connectivity index (χ3n) is 4.56. The number of aromatic nitrogens is 2. The number of aryl methyl sites for hydroxylation is 3. The number of rotatable bonds is 5. The van der Waals surface area contributed by atoms with Crippen LogP contribution in [-0.2, 0) is 19.1 Å². The molecular weight excluding hydrogens is 398 g/mol. The molecule has 28 heavy (non-hydrogen) atoms. The molecule has 0 N–H and O–H groups in total. The Labute approximate surface area is 172 Å². The van der Waals surface area contributed by atoms with Gasteiger partial charge in [0.1, 0.15) is 15.7 Å². The summed E-state index contributed by atoms with van der Waals surface area (Å²) in [5.41, 5.74) is 1.14. The third kappa shape index (κ3) is 4.82. The average molecular weight is 424 g/mol. The summed E-state index contributed by atoms with van der Waals surface area (Å²) in [5, 5.41) is 1.78. The van der Waals surface area contributed by atoms with Crippen LogP contribution in [0.3, 0.4) is 0 Å². The molecule has 1 aliphatic rings. The predicted octanol–water partition coefficient (Wildman–Crippen LogP) is 2.89. The fraction of sp³-hybridized carbons (Fsp3) is 0.579. The van der Waals surface area contributed by atoms with E-state index in [1.54, 1.807) is 16.2 Å². The zero-order valence-electron chi connectivity index (χ0n) is 16.8. The molecule has 1 amide bonds. The van der Waals surface area contributed by atoms with E-state index in [1.165, 1.54) is 16.6 Å². The predicted molar refractivity (Wildman–Crippen MR) is 110 cm³/mol. The number of morpholine rings is 1. The largest absolute Gasteiger partial charge is 0.455 e. The lowest BCUT2D eigenvalue weighted by Gasteiger charge is -2.35. The van der Waals surface area contributed by atoms with Crippen molar-refractivity contribution in [3.63, 3.8) is 0 Å². The van der Waals surface area contributed by atoms with Gasteiger partial charge in [-0.05, 0) is 40.2 Å². The second kappa shape index (κ2) is 8.75. The van der Waals surface area contributed by atoms with E-state index in [0.717, 1.165) is 20.8 Å². The van der Waals surface area contributed by atoms with Crippen molar-refractivity contribution < 1.29 is 19.1 Å². The van der Waals surface area contributed by atoms with Crippen LogP contribution in [0.2, 0.25) is 0 Å². The molecular formula is C19H25N3O4S2. The third-order valence-corrected chi connectivity index (χ3v) is 6.61. The summed E-state index contributed by atoms with van der Waals surface area (Å²) in [7, 11) is 0. The summed E-state index contributed by atoms with van der Waals surface area (Å²) in [4.78, 5) is 37.3. The Morgan fingerprint density at radius 1 is 1.21 bits per heavy atom. The van der Waals surface area contributed by atoms with E-state index in [2.05, 4.69) is 16.9 Å². The van der Waals surface area contributed by atoms with E-state index in [9.17, 15) is 9.59 Å². The monoisotopic (exact) mass is 423 g/mol. The van der Waals surface area contributed by atoms with Gasteiger partial charge in [-0.3, -0.25) is 9.59 Å². The van der Waals surface area contributed by atoms with E-state index in [4.69, 9.17) is 9.47 Å². The number of fused-ring (bicyclic) bond motifs is 1. The first-order valence-electron chi connectivity index (χ1n) is 9.20. The quantitative estimate of drug-likeness (QED) is 0.415. The molecule has 0 aromatic carbocycles. The summed E-state index contributed by atoms with van der Waals surface area (Å²) in [5.74, 6) is 0.158. The second-order valence-electron chi connectivity index (χ2n) is 7.04. The molecule has 0 saturated carbocycles. The van der Waals surface area contributed by atoms with Crippen molar-refractivity contribution in [2.24, 2.45) is 0 Å². The van der Waals surface area contributed by atoms with Gasteiger partial charge in [-0.2, -0.15) is 0 Å². The molecule has 2 atom stereocenters. The molecule has 1 aliphatic heterocycles. The number of esters is 1. The first-order valence-corrected chi connectivity index (χ1v) is 11.0. The highest BCUT2D eigenvalue weighted by Gasteiger charge is 2.26. The zero-order chi connectivity index (χ0) is 20.4. The molecule has 3 rings (SSSR count). The molecule has 3 heterocycles. The lowest BCUT2D eigenvalue weighted by molar-refractivity contribution is -0.155. The number of thiophene rings is 1. The van der Waals surface area contributed by atoms with E-state index in [-0.39, 0.29) is 30.5 Å². The second-order valence-corrected chi connectivity index (χ2v) is 9.21. The average Bonchev–Trinajstić information content (AvgIpc) is 2.90. The van der Waals surface area contributed by atoms with Crippen molar-refractivity contribution in [1.82, 2.24) is 14.9 Å². The smallest absolute Gasteiger partial charge is 0.316 e. The molecule has 7 nitrogen and oxygen atoms in total. The molecule has 0 aliphatic carbocycles. The van der Waals surface area contributed by atoms with Gasteiger partial charge >= 0.3 is 5.97 Å². The van der Waals surface area contributed by atoms with Crippen LogP contribution in [0.15, 0.2) is 5.03 Å². The van der Waals surface area contributed by atoms with E-state index < -0.39 is 5.97 Å². The minimum absolute atomic E-state index is 0.0142. The molecule has 2 aromatic heterocycles. The number of amides is 1. The van der Waals surface area contributed by atoms with Gasteiger partial charge in [0.2, 0.25) is 0 Å². The summed E-state index contributed by atoms with van der Waals surface area (Å²) in [6.07, 6.45) is -0.0284. The molecule has 1 saturated heterocycles. The molecule has 2 aromatic rings. The van der Waals surface area contributed by atoms with Crippen molar-refractivity contribution >= 4 is 45.2 Å². The van der Waals surface area contributed by atoms with Crippen molar-refractivity contribution in [1.29, 1.82) is 0 Å². The van der Waals surface area contributed by atoms with Crippen molar-refractivity contribution in [3.8, 4) is 0 Å². The first-order chi connectivity index (χ1) is 13.2. The highest BCUT2D eigenvalue weighted by molar-refractivity contribution is 8.00. The van der Waals surface area contributed by atoms with Gasteiger partial charge in [-0.25, -0.2) is 9.97 Å². The minimum atomic E-state index is -0.429. The van der Waals surface area contributed by atoms with Gasteiger partial charge in [-0.1, -0.05) is 11.8 Å². The standard InChI is InChI=1S/C19H25N3O4S2/c1-10-6-22(7-11(2)26-10)15(23)8-25-16(24)9-27-18-17-12(3)13(4)28-19(17)21-14(5)20-18/h10-11H,6-9H2,1-5H3/t10-,11+. The minimum Gasteiger partial charge on any atom is -0.455 e. The number of carbonyl (C=O) groups excluding carboxylic acids is 2. The van der Waals surface area contributed by atoms with Crippen LogP contribution in [0.25, 0.3) is 10.2 Å². The molecule has 152 valence electrons. The van der Waals surface area contributed by atoms with Gasteiger partial charge in [-0.15, -0.1) is 11.3 Å². The van der Waals surface area contributed by atoms with Gasteiger partial charge < -0.3 is 14.4 Å². The molecule has 1 fully saturated rings. The number of hydrogen-bond acceptors (Lipinski definition) is 8. The van der Waals surface area contributed by atoms with E-state index in [0.29, 0.717) is 18.9 Å². The number of carbonyl (C=O) groups is 2. The van der Waals surface area contributed by atoms with Crippen LogP contribution >= 0.6 is 23.1 Å². The Morgan fingerprint density at radius 3 is 2.57 bits per heavy atom. The van der Waals surface area contributed by atoms with Crippen LogP contribution in [0, 0.1) is 20.8 Å². The summed E-state index contributed by atoms with van der Waals surface area (Å²) in [6.45, 7) is 10.6. The summed E-state index contributed by atoms with van der Waals surface area (Å²) >= 11 is 2.95. The van der Waals surface area contributed by atoms with Gasteiger partial charge in [0.15, 0.2) is 6.61 Å². The molecule has 0 unspecified atom stereocenters. The van der Waals surface area contributed by atoms with E-state index >= 15 is 0 Å². The van der Waals surface area contributed by atoms with Crippen LogP contribution in [0.4, 0.5) is 0 Å². The van der Waals surface area contributed by atoms with Gasteiger partial charge in [0.25, 0.3) is 5.91 Å². The van der Waals surface area contributed by atoms with Crippen LogP contribution in [0.5, 0.6) is 0 Å². The topological polar surface area (TPSA) is 81.6 Å². The Kier molecular flexibility index (Phi) is 6.57. The SMILES string of the molecule is Cc1nc(SCC(=O)OCC(=O)N2C[C@@H](C)O[C@@H](C)C2)c2c(C)c(C)sc2n1. The highest BCUT2D eigenvalue weighted by atomic mass is 32.2. The van der Waals surface area contributed by atoms with Crippen LogP contribution in [0.1, 0.15) is 30.1 Å². The van der Waals surface area contributed by atoms with Gasteiger partial charge in [0, 0.05) is 23.4 Å². The number of thioether (sulfide) groups is 1. The normalized spacial score (nSPS) is 19.8. The maximum Gasteiger partial charge on any atom is 0.316 e. The Bertz CT molecular complexity index is 889. The lowest BCUT2D eigenvalue weighted by Crippen LogP contribution is -2.49. The first kappa shape index (κ1) is 21.0. The maximum absolute atomic E-state index is 12.3. The Hall–Kier alpha value is -1.71. The molecule has 0 bridgehead atoms. The zero-order valence-corrected chi connectivity index (χ0v) is 18.4. The maximum atomic E-state index is 12.3. The number of nitrogens with zero attached hydrogens (tertiary/aromatic N) is 3. The fourth-order valence-electron chi connectivity index (χ4n) is 3.20. The number of ether oxygens (including phenoxy) is 2. The molecule has 0 spiro atoms. The van der Waals surface area contributed by atoms with Crippen molar-refractivity contribution in [3.05, 3.63) is 16.3 Å². The number of hydrogen-bond donors (Lipinski definition) is 0. The lowest BCUT2D eigenvalue weighted by atomic mass is 10.2. The van der Waals surface area contributed by atoms with Gasteiger partial charge in [0.05, 0.1) is 18.0 Å². The van der Waals surface area contributed by atoms with Crippen molar-refractivity contribution in [2.75, 3.05) is 25.4 Å². The Balaban J connectivity index is 1.56. The van der Waals surface area contributed by atoms with Crippen molar-refractivity contribution in [2.45, 2.75) is 51.9 Å². The summed E-state index contributed by atoms with van der Waals surface area (Å²) < 4.78 is 10.8. The molecule has 0 radical (unpaired) electrons. The summed E-state index contributed by atoms with van der Waals surface area (Å²) in [6, 6.07) is 0. The Morgan fingerprint density at radius 2 is 1.89 bits per heavy atom. The molecule has 9 heteroatoms. The van der Waals surface area contributed by atoms with E-state index in [1.807, 2.05) is 27.7 Å². The van der Waals surface area contributed by atoms with Crippen LogP contribution in [-0.4, -0.2) is 64.4 Å².